The Labute approximate surface area is 338 Å². The van der Waals surface area contributed by atoms with Crippen molar-refractivity contribution in [3.8, 4) is 22.3 Å². The van der Waals surface area contributed by atoms with E-state index in [1.165, 1.54) is 11.1 Å². The molecule has 11 rings (SSSR count). The summed E-state index contributed by atoms with van der Waals surface area (Å²) in [6.45, 7) is 1.72. The third-order valence-electron chi connectivity index (χ3n) is 12.7. The van der Waals surface area contributed by atoms with Gasteiger partial charge in [-0.05, 0) is 60.3 Å². The monoisotopic (exact) mass is 760 g/mol. The van der Waals surface area contributed by atoms with Crippen molar-refractivity contribution in [2.24, 2.45) is 0 Å². The van der Waals surface area contributed by atoms with Gasteiger partial charge in [-0.3, -0.25) is 30.6 Å². The lowest BCUT2D eigenvalue weighted by molar-refractivity contribution is 0.308. The molecule has 8 nitrogen and oxygen atoms in total. The minimum Gasteiger partial charge on any atom is -0.616 e. The highest BCUT2D eigenvalue weighted by Crippen LogP contribution is 2.66. The molecular formula is C50H44N6O2. The van der Waals surface area contributed by atoms with Crippen molar-refractivity contribution in [2.75, 3.05) is 13.1 Å². The Morgan fingerprint density at radius 3 is 1.24 bits per heavy atom. The summed E-state index contributed by atoms with van der Waals surface area (Å²) in [5.74, 6) is 0. The highest BCUT2D eigenvalue weighted by Gasteiger charge is 2.48. The van der Waals surface area contributed by atoms with Crippen molar-refractivity contribution in [1.82, 2.24) is 30.6 Å². The largest absolute Gasteiger partial charge is 0.616 e. The van der Waals surface area contributed by atoms with Crippen LogP contribution in [0.25, 0.3) is 22.3 Å². The molecule has 0 spiro atoms. The molecule has 4 aliphatic heterocycles. The first kappa shape index (κ1) is 35.4. The summed E-state index contributed by atoms with van der Waals surface area (Å²) in [4.78, 5) is 0. The Morgan fingerprint density at radius 1 is 0.397 bits per heavy atom. The molecule has 0 aromatic heterocycles. The number of para-hydroxylation sites is 2. The highest BCUT2D eigenvalue weighted by molar-refractivity contribution is 6.13. The first-order valence-corrected chi connectivity index (χ1v) is 20.4. The topological polar surface area (TPSA) is 94.2 Å². The fourth-order valence-corrected chi connectivity index (χ4v) is 9.94. The average Bonchev–Trinajstić information content (AvgIpc) is 3.73. The molecule has 4 aliphatic rings. The van der Waals surface area contributed by atoms with Crippen molar-refractivity contribution in [3.05, 3.63) is 203 Å². The Balaban J connectivity index is 1.00. The quantitative estimate of drug-likeness (QED) is 0.0996. The van der Waals surface area contributed by atoms with E-state index in [0.717, 1.165) is 59.3 Å². The molecule has 0 radical (unpaired) electrons. The molecular weight excluding hydrogens is 717 g/mol. The van der Waals surface area contributed by atoms with Gasteiger partial charge < -0.3 is 10.4 Å². The molecule has 0 saturated carbocycles. The summed E-state index contributed by atoms with van der Waals surface area (Å²) in [5.41, 5.74) is 11.8. The van der Waals surface area contributed by atoms with Gasteiger partial charge in [0.05, 0.1) is 34.6 Å². The van der Waals surface area contributed by atoms with Gasteiger partial charge >= 0.3 is 0 Å². The lowest BCUT2D eigenvalue weighted by Gasteiger charge is -2.40. The van der Waals surface area contributed by atoms with Gasteiger partial charge in [-0.15, -0.1) is 0 Å². The van der Waals surface area contributed by atoms with Crippen LogP contribution in [-0.4, -0.2) is 13.1 Å². The number of fused-ring (bicyclic) bond motifs is 7. The number of nitrogens with zero attached hydrogens (tertiary/aromatic N) is 2. The molecule has 4 N–H and O–H groups in total. The van der Waals surface area contributed by atoms with Crippen molar-refractivity contribution in [3.63, 3.8) is 0 Å². The van der Waals surface area contributed by atoms with Crippen molar-refractivity contribution in [2.45, 2.75) is 37.3 Å². The number of quaternary nitrogens is 2. The summed E-state index contributed by atoms with van der Waals surface area (Å²) < 4.78 is -1.47. The van der Waals surface area contributed by atoms with E-state index in [-0.39, 0.29) is 24.4 Å². The Hall–Kier alpha value is -5.78. The highest BCUT2D eigenvalue weighted by atomic mass is 16.6. The van der Waals surface area contributed by atoms with Crippen LogP contribution in [0.4, 0.5) is 34.1 Å². The first-order chi connectivity index (χ1) is 28.5. The lowest BCUT2D eigenvalue weighted by Crippen LogP contribution is -2.43. The van der Waals surface area contributed by atoms with Crippen molar-refractivity contribution in [1.29, 1.82) is 0 Å². The minimum absolute atomic E-state index is 0.0169. The van der Waals surface area contributed by atoms with Gasteiger partial charge in [0, 0.05) is 60.6 Å². The summed E-state index contributed by atoms with van der Waals surface area (Å²) in [6, 6.07) is 57.1. The van der Waals surface area contributed by atoms with E-state index in [2.05, 4.69) is 94.1 Å². The van der Waals surface area contributed by atoms with Crippen LogP contribution in [0.5, 0.6) is 0 Å². The third kappa shape index (κ3) is 5.46. The SMILES string of the molecule is [O-][N+]1(c2cccc(C3CCNC(c4ccccc4)N3)c2)c2ccccc2-c2c1ccc1c2-c2ccccc2[N+]1([O-])c1cccc(C2CCNC(c3ccccc3)N2)c1. The van der Waals surface area contributed by atoms with E-state index >= 15 is 10.4 Å². The van der Waals surface area contributed by atoms with Gasteiger partial charge in [0.1, 0.15) is 11.4 Å². The number of hydrogen-bond donors (Lipinski definition) is 4. The fourth-order valence-electron chi connectivity index (χ4n) is 9.94. The van der Waals surface area contributed by atoms with Crippen LogP contribution >= 0.6 is 0 Å². The van der Waals surface area contributed by atoms with Crippen LogP contribution in [0.2, 0.25) is 0 Å². The number of rotatable bonds is 6. The second-order valence-electron chi connectivity index (χ2n) is 15.9. The van der Waals surface area contributed by atoms with Gasteiger partial charge in [-0.1, -0.05) is 109 Å². The number of benzene rings is 7. The zero-order valence-corrected chi connectivity index (χ0v) is 32.0. The van der Waals surface area contributed by atoms with E-state index in [0.29, 0.717) is 34.1 Å². The lowest BCUT2D eigenvalue weighted by atomic mass is 9.94. The summed E-state index contributed by atoms with van der Waals surface area (Å²) in [5, 5.41) is 46.7. The molecule has 0 bridgehead atoms. The molecule has 0 aliphatic carbocycles. The molecule has 0 amide bonds. The molecule has 7 aromatic carbocycles. The van der Waals surface area contributed by atoms with Gasteiger partial charge in [-0.2, -0.15) is 0 Å². The van der Waals surface area contributed by atoms with Gasteiger partial charge in [-0.25, -0.2) is 0 Å². The zero-order valence-electron chi connectivity index (χ0n) is 32.0. The van der Waals surface area contributed by atoms with Crippen LogP contribution in [0.1, 0.15) is 59.5 Å². The summed E-state index contributed by atoms with van der Waals surface area (Å²) in [6.07, 6.45) is 1.83. The summed E-state index contributed by atoms with van der Waals surface area (Å²) in [7, 11) is 0. The third-order valence-corrected chi connectivity index (χ3v) is 12.7. The van der Waals surface area contributed by atoms with Crippen molar-refractivity contribution >= 4 is 34.1 Å². The van der Waals surface area contributed by atoms with Crippen LogP contribution in [0.15, 0.2) is 170 Å². The van der Waals surface area contributed by atoms with E-state index in [1.54, 1.807) is 0 Å². The van der Waals surface area contributed by atoms with Crippen LogP contribution < -0.4 is 30.6 Å². The molecule has 8 heteroatoms. The maximum Gasteiger partial charge on any atom is 0.152 e. The van der Waals surface area contributed by atoms with Gasteiger partial charge in [0.25, 0.3) is 0 Å². The molecule has 6 unspecified atom stereocenters. The Bertz CT molecular complexity index is 2490. The molecule has 286 valence electrons. The number of hydrogen-bond acceptors (Lipinski definition) is 6. The van der Waals surface area contributed by atoms with Crippen LogP contribution in [-0.2, 0) is 0 Å². The smallest absolute Gasteiger partial charge is 0.152 e. The predicted molar refractivity (Wildman–Crippen MR) is 235 cm³/mol. The second-order valence-corrected chi connectivity index (χ2v) is 15.9. The molecule has 2 fully saturated rings. The summed E-state index contributed by atoms with van der Waals surface area (Å²) >= 11 is 0. The normalized spacial score (nSPS) is 25.7. The predicted octanol–water partition coefficient (Wildman–Crippen LogP) is 11.2. The number of nitrogens with one attached hydrogen (secondary N) is 4. The minimum atomic E-state index is -0.736. The van der Waals surface area contributed by atoms with Gasteiger partial charge in [0.2, 0.25) is 0 Å². The van der Waals surface area contributed by atoms with Crippen LogP contribution in [0, 0.1) is 10.4 Å². The maximum absolute atomic E-state index is 16.0. The molecule has 4 heterocycles. The molecule has 58 heavy (non-hydrogen) atoms. The Morgan fingerprint density at radius 2 is 0.793 bits per heavy atom. The zero-order chi connectivity index (χ0) is 38.8. The molecule has 6 atom stereocenters. The van der Waals surface area contributed by atoms with Crippen LogP contribution in [0.3, 0.4) is 0 Å². The molecule has 7 aromatic rings. The van der Waals surface area contributed by atoms with E-state index in [4.69, 9.17) is 0 Å². The maximum atomic E-state index is 16.0. The van der Waals surface area contributed by atoms with E-state index in [1.807, 2.05) is 97.1 Å². The Kier molecular flexibility index (Phi) is 8.51. The van der Waals surface area contributed by atoms with E-state index < -0.39 is 9.29 Å². The molecule has 2 saturated heterocycles. The average molecular weight is 761 g/mol. The standard InChI is InChI=1S/C50H44N6O2/c57-55(37-19-11-17-35(31-37)41-27-29-51-49(53-41)33-13-3-1-4-14-33)43-23-9-7-21-39(43)47-45(55)25-26-46-48(47)40-22-8-10-24-44(40)56(46,58)38-20-12-18-36(32-38)42-28-30-52-50(54-42)34-15-5-2-6-16-34/h1-26,31-32,41-42,49-54H,27-30H2. The van der Waals surface area contributed by atoms with E-state index in [9.17, 15) is 0 Å². The van der Waals surface area contributed by atoms with Crippen molar-refractivity contribution < 1.29 is 0 Å². The first-order valence-electron chi connectivity index (χ1n) is 20.4. The second kappa shape index (κ2) is 14.0. The fraction of sp³-hybridized carbons (Fsp3) is 0.160. The van der Waals surface area contributed by atoms with Gasteiger partial charge in [0.15, 0.2) is 22.7 Å².